The Kier molecular flexibility index (Phi) is 7.04. The molecule has 3 aromatic heterocycles. The normalized spacial score (nSPS) is 13.2. The molecule has 0 unspecified atom stereocenters. The summed E-state index contributed by atoms with van der Waals surface area (Å²) in [6.45, 7) is 4.69. The molecule has 4 nitrogen and oxygen atoms in total. The van der Waals surface area contributed by atoms with Crippen molar-refractivity contribution >= 4 is 82.9 Å². The number of hydrogen-bond acceptors (Lipinski definition) is 4. The lowest BCUT2D eigenvalue weighted by Crippen LogP contribution is -2.17. The maximum Gasteiger partial charge on any atom is 0.159 e. The zero-order chi connectivity index (χ0) is 40.4. The largest absolute Gasteiger partial charge is 0.456 e. The summed E-state index contributed by atoms with van der Waals surface area (Å²) in [5, 5.41) is 6.32. The van der Waals surface area contributed by atoms with Crippen molar-refractivity contribution in [2.75, 3.05) is 4.90 Å². The molecule has 1 aliphatic rings. The molecule has 1 aliphatic carbocycles. The molecule has 0 saturated carbocycles. The zero-order valence-electron chi connectivity index (χ0n) is 33.6. The summed E-state index contributed by atoms with van der Waals surface area (Å²) in [6, 6.07) is 67.0. The van der Waals surface area contributed by atoms with Crippen LogP contribution in [0.5, 0.6) is 0 Å². The summed E-state index contributed by atoms with van der Waals surface area (Å²) in [5.41, 5.74) is 17.3. The van der Waals surface area contributed by atoms with Crippen molar-refractivity contribution in [3.8, 4) is 33.4 Å². The molecule has 0 aliphatic heterocycles. The second kappa shape index (κ2) is 12.6. The molecule has 4 heteroatoms. The average molecular weight is 784 g/mol. The molecule has 0 saturated heterocycles. The first-order valence-corrected chi connectivity index (χ1v) is 20.9. The number of fused-ring (bicyclic) bond motifs is 13. The molecule has 0 bridgehead atoms. The van der Waals surface area contributed by atoms with Crippen LogP contribution < -0.4 is 4.90 Å². The Morgan fingerprint density at radius 3 is 1.84 bits per heavy atom. The number of para-hydroxylation sites is 4. The maximum absolute atomic E-state index is 7.18. The molecule has 0 N–H and O–H groups in total. The van der Waals surface area contributed by atoms with E-state index in [0.717, 1.165) is 105 Å². The van der Waals surface area contributed by atoms with Crippen LogP contribution in [0.25, 0.3) is 99.2 Å². The number of rotatable bonds is 5. The molecule has 0 amide bonds. The van der Waals surface area contributed by atoms with E-state index in [1.54, 1.807) is 0 Å². The van der Waals surface area contributed by atoms with Crippen molar-refractivity contribution in [1.82, 2.24) is 0 Å². The van der Waals surface area contributed by atoms with Gasteiger partial charge in [-0.05, 0) is 88.0 Å². The van der Waals surface area contributed by atoms with Gasteiger partial charge in [-0.1, -0.05) is 147 Å². The van der Waals surface area contributed by atoms with Gasteiger partial charge in [0.15, 0.2) is 5.58 Å². The number of anilines is 3. The summed E-state index contributed by atoms with van der Waals surface area (Å²) in [4.78, 5) is 2.42. The van der Waals surface area contributed by atoms with Gasteiger partial charge in [-0.25, -0.2) is 0 Å². The Labute approximate surface area is 351 Å². The van der Waals surface area contributed by atoms with E-state index in [0.29, 0.717) is 0 Å². The van der Waals surface area contributed by atoms with Gasteiger partial charge >= 0.3 is 0 Å². The summed E-state index contributed by atoms with van der Waals surface area (Å²) in [7, 11) is 0. The van der Waals surface area contributed by atoms with Crippen LogP contribution in [0.1, 0.15) is 25.0 Å². The number of nitrogens with zero attached hydrogens (tertiary/aromatic N) is 1. The van der Waals surface area contributed by atoms with Crippen LogP contribution in [0.3, 0.4) is 0 Å². The molecule has 0 radical (unpaired) electrons. The Morgan fingerprint density at radius 2 is 0.984 bits per heavy atom. The lowest BCUT2D eigenvalue weighted by molar-refractivity contribution is 0.660. The Bertz CT molecular complexity index is 3750. The van der Waals surface area contributed by atoms with Crippen molar-refractivity contribution in [2.45, 2.75) is 19.3 Å². The van der Waals surface area contributed by atoms with Gasteiger partial charge in [0.05, 0.1) is 11.4 Å². The summed E-state index contributed by atoms with van der Waals surface area (Å²) in [5.74, 6) is 0. The first kappa shape index (κ1) is 34.1. The smallest absolute Gasteiger partial charge is 0.159 e. The number of hydrogen-bond donors (Lipinski definition) is 0. The first-order chi connectivity index (χ1) is 30.0. The third-order valence-electron chi connectivity index (χ3n) is 13.1. The highest BCUT2D eigenvalue weighted by Crippen LogP contribution is 2.53. The predicted octanol–water partition coefficient (Wildman–Crippen LogP) is 16.5. The molecule has 288 valence electrons. The van der Waals surface area contributed by atoms with E-state index in [1.807, 2.05) is 30.3 Å². The van der Waals surface area contributed by atoms with Crippen LogP contribution in [0.4, 0.5) is 17.1 Å². The molecule has 0 atom stereocenters. The van der Waals surface area contributed by atoms with Gasteiger partial charge in [0, 0.05) is 54.5 Å². The maximum atomic E-state index is 7.18. The van der Waals surface area contributed by atoms with Crippen LogP contribution in [0.15, 0.2) is 201 Å². The number of benzene rings is 9. The van der Waals surface area contributed by atoms with E-state index >= 15 is 0 Å². The monoisotopic (exact) mass is 783 g/mol. The lowest BCUT2D eigenvalue weighted by atomic mass is 9.82. The Balaban J connectivity index is 1.17. The van der Waals surface area contributed by atoms with E-state index in [4.69, 9.17) is 13.3 Å². The van der Waals surface area contributed by atoms with E-state index in [2.05, 4.69) is 176 Å². The van der Waals surface area contributed by atoms with Gasteiger partial charge in [0.2, 0.25) is 0 Å². The fourth-order valence-electron chi connectivity index (χ4n) is 10.2. The van der Waals surface area contributed by atoms with Crippen molar-refractivity contribution in [2.24, 2.45) is 0 Å². The zero-order valence-corrected chi connectivity index (χ0v) is 33.6. The van der Waals surface area contributed by atoms with E-state index in [-0.39, 0.29) is 5.41 Å². The summed E-state index contributed by atoms with van der Waals surface area (Å²) < 4.78 is 20.4. The summed E-state index contributed by atoms with van der Waals surface area (Å²) >= 11 is 0. The van der Waals surface area contributed by atoms with E-state index in [1.165, 1.54) is 22.3 Å². The van der Waals surface area contributed by atoms with Gasteiger partial charge in [-0.15, -0.1) is 0 Å². The van der Waals surface area contributed by atoms with Crippen LogP contribution in [-0.2, 0) is 5.41 Å². The van der Waals surface area contributed by atoms with E-state index in [9.17, 15) is 0 Å². The Hall–Kier alpha value is -7.82. The van der Waals surface area contributed by atoms with Gasteiger partial charge in [0.1, 0.15) is 27.9 Å². The molecule has 61 heavy (non-hydrogen) atoms. The molecule has 9 aromatic carbocycles. The topological polar surface area (TPSA) is 42.7 Å². The molecular weight excluding hydrogens is 747 g/mol. The van der Waals surface area contributed by atoms with Crippen molar-refractivity contribution in [3.63, 3.8) is 0 Å². The van der Waals surface area contributed by atoms with Crippen LogP contribution in [0.2, 0.25) is 0 Å². The standard InChI is InChI=1S/C57H37NO3/c1-57(2)45-23-10-6-18-39(45)40-28-27-36(33-46(40)57)58(47-24-11-7-17-37(47)34-15-4-3-5-16-34)48-32-35(38-21-14-22-42-41-19-8-12-25-49(41)60-55(38)42)31-44-54-52(61-56(44)48)30-29-51-53(54)43-20-9-13-26-50(43)59-51/h3-33H,1-2H3. The van der Waals surface area contributed by atoms with Gasteiger partial charge in [-0.2, -0.15) is 0 Å². The molecule has 12 aromatic rings. The highest BCUT2D eigenvalue weighted by atomic mass is 16.3. The van der Waals surface area contributed by atoms with Crippen LogP contribution in [-0.4, -0.2) is 0 Å². The van der Waals surface area contributed by atoms with Crippen molar-refractivity contribution in [1.29, 1.82) is 0 Å². The minimum Gasteiger partial charge on any atom is -0.456 e. The molecule has 13 rings (SSSR count). The van der Waals surface area contributed by atoms with Crippen LogP contribution >= 0.6 is 0 Å². The molecule has 0 fully saturated rings. The van der Waals surface area contributed by atoms with Gasteiger partial charge < -0.3 is 18.2 Å². The minimum absolute atomic E-state index is 0.200. The van der Waals surface area contributed by atoms with Crippen molar-refractivity contribution in [3.05, 3.63) is 199 Å². The van der Waals surface area contributed by atoms with Gasteiger partial charge in [-0.3, -0.25) is 0 Å². The SMILES string of the molecule is CC1(C)c2ccccc2-c2ccc(N(c3ccccc3-c3ccccc3)c3cc(-c4cccc5c4oc4ccccc45)cc4c3oc3ccc5oc6ccccc6c5c34)cc21. The molecule has 3 heterocycles. The fourth-order valence-corrected chi connectivity index (χ4v) is 10.2. The highest BCUT2D eigenvalue weighted by Gasteiger charge is 2.36. The third-order valence-corrected chi connectivity index (χ3v) is 13.1. The Morgan fingerprint density at radius 1 is 0.361 bits per heavy atom. The third kappa shape index (κ3) is 4.87. The predicted molar refractivity (Wildman–Crippen MR) is 251 cm³/mol. The average Bonchev–Trinajstić information content (AvgIpc) is 4.05. The second-order valence-electron chi connectivity index (χ2n) is 16.8. The van der Waals surface area contributed by atoms with Crippen molar-refractivity contribution < 1.29 is 13.3 Å². The molecule has 0 spiro atoms. The van der Waals surface area contributed by atoms with E-state index < -0.39 is 0 Å². The second-order valence-corrected chi connectivity index (χ2v) is 16.8. The lowest BCUT2D eigenvalue weighted by Gasteiger charge is -2.30. The highest BCUT2D eigenvalue weighted by molar-refractivity contribution is 6.27. The number of furan rings is 3. The minimum atomic E-state index is -0.200. The first-order valence-electron chi connectivity index (χ1n) is 20.9. The van der Waals surface area contributed by atoms with Gasteiger partial charge in [0.25, 0.3) is 0 Å². The fraction of sp³-hybridized carbons (Fsp3) is 0.0526. The summed E-state index contributed by atoms with van der Waals surface area (Å²) in [6.07, 6.45) is 0. The molecular formula is C57H37NO3. The van der Waals surface area contributed by atoms with Crippen LogP contribution in [0, 0.1) is 0 Å². The quantitative estimate of drug-likeness (QED) is 0.174.